The number of carbonyl (C=O) groups excluding carboxylic acids is 3. The van der Waals surface area contributed by atoms with Crippen LogP contribution in [0.2, 0.25) is 0 Å². The van der Waals surface area contributed by atoms with E-state index in [4.69, 9.17) is 5.73 Å². The summed E-state index contributed by atoms with van der Waals surface area (Å²) in [5.74, 6) is -0.918. The van der Waals surface area contributed by atoms with Crippen molar-refractivity contribution in [2.45, 2.75) is 44.1 Å². The summed E-state index contributed by atoms with van der Waals surface area (Å²) >= 11 is 0. The van der Waals surface area contributed by atoms with Gasteiger partial charge in [0.15, 0.2) is 0 Å². The SMILES string of the molecule is CCC(=O)CC[C@@H](NC(=O)CC(c1ccccc1)(c1ccccc1)c1ccccc1)C(N)=O. The van der Waals surface area contributed by atoms with E-state index in [0.29, 0.717) is 6.42 Å². The number of nitrogens with two attached hydrogens (primary N) is 1. The minimum Gasteiger partial charge on any atom is -0.368 e. The van der Waals surface area contributed by atoms with E-state index in [1.165, 1.54) is 0 Å². The van der Waals surface area contributed by atoms with Crippen LogP contribution in [0.25, 0.3) is 0 Å². The topological polar surface area (TPSA) is 89.3 Å². The fraction of sp³-hybridized carbons (Fsp3) is 0.250. The average molecular weight is 443 g/mol. The number of Topliss-reactive ketones (excluding diaryl/α,β-unsaturated/α-hetero) is 1. The molecule has 33 heavy (non-hydrogen) atoms. The maximum atomic E-state index is 13.4. The molecule has 1 atom stereocenters. The lowest BCUT2D eigenvalue weighted by atomic mass is 9.67. The zero-order valence-corrected chi connectivity index (χ0v) is 18.9. The largest absolute Gasteiger partial charge is 0.368 e. The molecule has 0 spiro atoms. The first kappa shape index (κ1) is 23.9. The van der Waals surface area contributed by atoms with Crippen LogP contribution in [0.15, 0.2) is 91.0 Å². The van der Waals surface area contributed by atoms with E-state index in [0.717, 1.165) is 16.7 Å². The summed E-state index contributed by atoms with van der Waals surface area (Å²) in [6, 6.07) is 28.7. The van der Waals surface area contributed by atoms with Crippen LogP contribution in [-0.2, 0) is 19.8 Å². The van der Waals surface area contributed by atoms with Crippen LogP contribution in [-0.4, -0.2) is 23.6 Å². The smallest absolute Gasteiger partial charge is 0.240 e. The van der Waals surface area contributed by atoms with E-state index in [1.807, 2.05) is 91.0 Å². The predicted molar refractivity (Wildman–Crippen MR) is 129 cm³/mol. The molecular weight excluding hydrogens is 412 g/mol. The highest BCUT2D eigenvalue weighted by Gasteiger charge is 2.39. The molecule has 3 N–H and O–H groups in total. The molecule has 170 valence electrons. The lowest BCUT2D eigenvalue weighted by Crippen LogP contribution is -2.47. The molecular formula is C28H30N2O3. The Kier molecular flexibility index (Phi) is 8.14. The van der Waals surface area contributed by atoms with Gasteiger partial charge in [0.2, 0.25) is 11.8 Å². The van der Waals surface area contributed by atoms with Crippen molar-refractivity contribution in [3.8, 4) is 0 Å². The summed E-state index contributed by atoms with van der Waals surface area (Å²) in [6.45, 7) is 1.77. The van der Waals surface area contributed by atoms with Crippen molar-refractivity contribution in [2.24, 2.45) is 5.73 Å². The normalized spacial score (nSPS) is 12.0. The number of hydrogen-bond acceptors (Lipinski definition) is 3. The van der Waals surface area contributed by atoms with Crippen molar-refractivity contribution in [3.63, 3.8) is 0 Å². The van der Waals surface area contributed by atoms with Gasteiger partial charge in [-0.3, -0.25) is 14.4 Å². The Bertz CT molecular complexity index is 969. The Morgan fingerprint density at radius 3 is 1.58 bits per heavy atom. The summed E-state index contributed by atoms with van der Waals surface area (Å²) in [5.41, 5.74) is 7.68. The van der Waals surface area contributed by atoms with Gasteiger partial charge >= 0.3 is 0 Å². The standard InChI is InChI=1S/C28H30N2O3/c1-2-24(31)18-19-25(27(29)33)30-26(32)20-28(21-12-6-3-7-13-21,22-14-8-4-9-15-22)23-16-10-5-11-17-23/h3-17,25H,2,18-20H2,1H3,(H2,29,33)(H,30,32)/t25-/m1/s1. The number of amides is 2. The highest BCUT2D eigenvalue weighted by atomic mass is 16.2. The quantitative estimate of drug-likeness (QED) is 0.437. The van der Waals surface area contributed by atoms with E-state index < -0.39 is 17.4 Å². The zero-order chi connectivity index (χ0) is 23.7. The van der Waals surface area contributed by atoms with Gasteiger partial charge < -0.3 is 11.1 Å². The van der Waals surface area contributed by atoms with Gasteiger partial charge in [0.25, 0.3) is 0 Å². The van der Waals surface area contributed by atoms with Gasteiger partial charge in [-0.15, -0.1) is 0 Å². The van der Waals surface area contributed by atoms with E-state index in [9.17, 15) is 14.4 Å². The minimum atomic E-state index is -0.895. The Hall–Kier alpha value is -3.73. The number of ketones is 1. The molecule has 0 saturated heterocycles. The molecule has 0 aromatic heterocycles. The third-order valence-electron chi connectivity index (χ3n) is 6.01. The third-order valence-corrected chi connectivity index (χ3v) is 6.01. The molecule has 3 aromatic rings. The molecule has 0 aliphatic rings. The molecule has 0 saturated carbocycles. The predicted octanol–water partition coefficient (Wildman–Crippen LogP) is 4.14. The molecule has 0 aliphatic carbocycles. The number of primary amides is 1. The van der Waals surface area contributed by atoms with E-state index in [1.54, 1.807) is 6.92 Å². The molecule has 5 heteroatoms. The van der Waals surface area contributed by atoms with Gasteiger partial charge in [-0.05, 0) is 23.1 Å². The van der Waals surface area contributed by atoms with Gasteiger partial charge in [-0.2, -0.15) is 0 Å². The number of carbonyl (C=O) groups is 3. The van der Waals surface area contributed by atoms with Crippen LogP contribution < -0.4 is 11.1 Å². The van der Waals surface area contributed by atoms with Crippen LogP contribution in [0.5, 0.6) is 0 Å². The molecule has 0 radical (unpaired) electrons. The number of rotatable bonds is 11. The Labute approximate surface area is 195 Å². The van der Waals surface area contributed by atoms with E-state index >= 15 is 0 Å². The average Bonchev–Trinajstić information content (AvgIpc) is 2.86. The summed E-state index contributed by atoms with van der Waals surface area (Å²) in [4.78, 5) is 37.2. The molecule has 0 unspecified atom stereocenters. The van der Waals surface area contributed by atoms with Crippen molar-refractivity contribution < 1.29 is 14.4 Å². The molecule has 3 rings (SSSR count). The van der Waals surface area contributed by atoms with Crippen LogP contribution in [0.4, 0.5) is 0 Å². The molecule has 0 heterocycles. The van der Waals surface area contributed by atoms with Gasteiger partial charge in [-0.1, -0.05) is 97.9 Å². The zero-order valence-electron chi connectivity index (χ0n) is 18.9. The molecule has 3 aromatic carbocycles. The van der Waals surface area contributed by atoms with Gasteiger partial charge in [0.05, 0.1) is 5.41 Å². The lowest BCUT2D eigenvalue weighted by molar-refractivity contribution is -0.128. The Morgan fingerprint density at radius 1 is 0.788 bits per heavy atom. The van der Waals surface area contributed by atoms with Crippen LogP contribution in [0.1, 0.15) is 49.3 Å². The van der Waals surface area contributed by atoms with E-state index in [-0.39, 0.29) is 31.0 Å². The van der Waals surface area contributed by atoms with Crippen LogP contribution in [0, 0.1) is 0 Å². The lowest BCUT2D eigenvalue weighted by Gasteiger charge is -2.36. The van der Waals surface area contributed by atoms with Crippen LogP contribution >= 0.6 is 0 Å². The summed E-state index contributed by atoms with van der Waals surface area (Å²) < 4.78 is 0. The maximum Gasteiger partial charge on any atom is 0.240 e. The third kappa shape index (κ3) is 5.75. The van der Waals surface area contributed by atoms with Crippen molar-refractivity contribution in [3.05, 3.63) is 108 Å². The molecule has 0 bridgehead atoms. The fourth-order valence-corrected chi connectivity index (χ4v) is 4.23. The number of hydrogen-bond donors (Lipinski definition) is 2. The van der Waals surface area contributed by atoms with Crippen molar-refractivity contribution in [2.75, 3.05) is 0 Å². The van der Waals surface area contributed by atoms with Crippen molar-refractivity contribution in [1.29, 1.82) is 0 Å². The van der Waals surface area contributed by atoms with Crippen molar-refractivity contribution in [1.82, 2.24) is 5.32 Å². The van der Waals surface area contributed by atoms with Crippen LogP contribution in [0.3, 0.4) is 0 Å². The minimum absolute atomic E-state index is 0.0303. The van der Waals surface area contributed by atoms with Gasteiger partial charge in [0, 0.05) is 19.3 Å². The summed E-state index contributed by atoms with van der Waals surface area (Å²) in [6.07, 6.45) is 0.865. The first-order valence-electron chi connectivity index (χ1n) is 11.2. The fourth-order valence-electron chi connectivity index (χ4n) is 4.23. The molecule has 0 fully saturated rings. The summed E-state index contributed by atoms with van der Waals surface area (Å²) in [7, 11) is 0. The molecule has 0 aliphatic heterocycles. The Morgan fingerprint density at radius 2 is 1.21 bits per heavy atom. The highest BCUT2D eigenvalue weighted by molar-refractivity contribution is 5.88. The first-order chi connectivity index (χ1) is 16.0. The summed E-state index contributed by atoms with van der Waals surface area (Å²) in [5, 5.41) is 2.79. The second-order valence-electron chi connectivity index (χ2n) is 8.13. The van der Waals surface area contributed by atoms with E-state index in [2.05, 4.69) is 5.32 Å². The second-order valence-corrected chi connectivity index (χ2v) is 8.13. The molecule has 2 amide bonds. The van der Waals surface area contributed by atoms with Gasteiger partial charge in [0.1, 0.15) is 11.8 Å². The molecule has 5 nitrogen and oxygen atoms in total. The second kappa shape index (κ2) is 11.2. The highest BCUT2D eigenvalue weighted by Crippen LogP contribution is 2.42. The number of nitrogens with one attached hydrogen (secondary N) is 1. The number of benzene rings is 3. The Balaban J connectivity index is 2.02. The monoisotopic (exact) mass is 442 g/mol. The van der Waals surface area contributed by atoms with Gasteiger partial charge in [-0.25, -0.2) is 0 Å². The first-order valence-corrected chi connectivity index (χ1v) is 11.2. The van der Waals surface area contributed by atoms with Crippen molar-refractivity contribution >= 4 is 17.6 Å². The maximum absolute atomic E-state index is 13.4.